The fourth-order valence-electron chi connectivity index (χ4n) is 4.37. The molecule has 0 heterocycles. The van der Waals surface area contributed by atoms with Crippen LogP contribution >= 0.6 is 0 Å². The Morgan fingerprint density at radius 3 is 2.11 bits per heavy atom. The number of ether oxygens (including phenoxy) is 1. The van der Waals surface area contributed by atoms with Crippen LogP contribution in [-0.4, -0.2) is 6.61 Å². The van der Waals surface area contributed by atoms with Crippen LogP contribution < -0.4 is 4.74 Å². The molecule has 0 radical (unpaired) electrons. The third-order valence-corrected chi connectivity index (χ3v) is 6.27. The Morgan fingerprint density at radius 1 is 0.893 bits per heavy atom. The number of allylic oxidation sites excluding steroid dienone is 2. The summed E-state index contributed by atoms with van der Waals surface area (Å²) < 4.78 is 5.54. The van der Waals surface area contributed by atoms with E-state index in [9.17, 15) is 0 Å². The molecule has 0 saturated heterocycles. The summed E-state index contributed by atoms with van der Waals surface area (Å²) in [5, 5.41) is 0. The van der Waals surface area contributed by atoms with Gasteiger partial charge in [0.05, 0.1) is 6.61 Å². The maximum atomic E-state index is 5.54. The molecule has 2 unspecified atom stereocenters. The van der Waals surface area contributed by atoms with Gasteiger partial charge in [-0.05, 0) is 72.4 Å². The highest BCUT2D eigenvalue weighted by molar-refractivity contribution is 5.71. The Morgan fingerprint density at radius 2 is 1.54 bits per heavy atom. The lowest BCUT2D eigenvalue weighted by Crippen LogP contribution is -2.14. The van der Waals surface area contributed by atoms with E-state index < -0.39 is 0 Å². The van der Waals surface area contributed by atoms with Crippen LogP contribution in [0.2, 0.25) is 0 Å². The van der Waals surface area contributed by atoms with Crippen molar-refractivity contribution in [2.24, 2.45) is 11.8 Å². The molecule has 150 valence electrons. The Bertz CT molecular complexity index is 739. The Hall–Kier alpha value is -2.02. The summed E-state index contributed by atoms with van der Waals surface area (Å²) in [6.45, 7) is 7.48. The third-order valence-electron chi connectivity index (χ3n) is 6.27. The molecule has 0 amide bonds. The second-order valence-electron chi connectivity index (χ2n) is 8.27. The number of rotatable bonds is 9. The first kappa shape index (κ1) is 20.7. The molecule has 1 nitrogen and oxygen atoms in total. The van der Waals surface area contributed by atoms with Crippen molar-refractivity contribution < 1.29 is 4.74 Å². The number of benzene rings is 2. The van der Waals surface area contributed by atoms with Crippen LogP contribution in [0.15, 0.2) is 54.6 Å². The molecule has 0 N–H and O–H groups in total. The lowest BCUT2D eigenvalue weighted by molar-refractivity contribution is 0.308. The lowest BCUT2D eigenvalue weighted by atomic mass is 9.78. The third kappa shape index (κ3) is 5.50. The summed E-state index contributed by atoms with van der Waals surface area (Å²) in [5.74, 6) is 2.68. The summed E-state index contributed by atoms with van der Waals surface area (Å²) in [4.78, 5) is 0. The zero-order valence-electron chi connectivity index (χ0n) is 17.9. The van der Waals surface area contributed by atoms with Gasteiger partial charge in [0, 0.05) is 0 Å². The Labute approximate surface area is 171 Å². The highest BCUT2D eigenvalue weighted by Crippen LogP contribution is 2.36. The van der Waals surface area contributed by atoms with Crippen molar-refractivity contribution >= 4 is 5.57 Å². The van der Waals surface area contributed by atoms with Gasteiger partial charge in [-0.1, -0.05) is 82.0 Å². The van der Waals surface area contributed by atoms with Gasteiger partial charge in [-0.15, -0.1) is 0 Å². The summed E-state index contributed by atoms with van der Waals surface area (Å²) in [5.41, 5.74) is 5.45. The summed E-state index contributed by atoms with van der Waals surface area (Å²) in [7, 11) is 0. The van der Waals surface area contributed by atoms with E-state index in [0.29, 0.717) is 6.61 Å². The lowest BCUT2D eigenvalue weighted by Gasteiger charge is -2.27. The first-order chi connectivity index (χ1) is 13.7. The highest BCUT2D eigenvalue weighted by Gasteiger charge is 2.20. The van der Waals surface area contributed by atoms with Crippen molar-refractivity contribution in [3.05, 3.63) is 60.2 Å². The van der Waals surface area contributed by atoms with Gasteiger partial charge >= 0.3 is 0 Å². The molecule has 0 fully saturated rings. The van der Waals surface area contributed by atoms with E-state index in [1.807, 2.05) is 6.92 Å². The van der Waals surface area contributed by atoms with Gasteiger partial charge in [-0.3, -0.25) is 0 Å². The average Bonchev–Trinajstić information content (AvgIpc) is 2.75. The number of unbranched alkanes of at least 4 members (excludes halogenated alkanes) is 2. The van der Waals surface area contributed by atoms with E-state index in [0.717, 1.165) is 17.6 Å². The molecule has 2 atom stereocenters. The minimum absolute atomic E-state index is 0.710. The fraction of sp³-hybridized carbons (Fsp3) is 0.481. The average molecular weight is 377 g/mol. The molecule has 0 aromatic heterocycles. The Kier molecular flexibility index (Phi) is 7.77. The number of hydrogen-bond donors (Lipinski definition) is 0. The fourth-order valence-corrected chi connectivity index (χ4v) is 4.37. The van der Waals surface area contributed by atoms with Gasteiger partial charge in [0.1, 0.15) is 5.75 Å². The van der Waals surface area contributed by atoms with Gasteiger partial charge in [0.15, 0.2) is 0 Å². The molecular formula is C27H36O. The molecule has 1 heteroatoms. The van der Waals surface area contributed by atoms with E-state index >= 15 is 0 Å². The van der Waals surface area contributed by atoms with Crippen LogP contribution in [0.25, 0.3) is 16.7 Å². The molecule has 3 rings (SSSR count). The van der Waals surface area contributed by atoms with Crippen LogP contribution in [0.4, 0.5) is 0 Å². The normalized spacial score (nSPS) is 17.8. The van der Waals surface area contributed by atoms with Crippen molar-refractivity contribution in [1.29, 1.82) is 0 Å². The molecule has 28 heavy (non-hydrogen) atoms. The Balaban J connectivity index is 1.59. The van der Waals surface area contributed by atoms with E-state index in [4.69, 9.17) is 4.74 Å². The molecule has 2 aromatic rings. The smallest absolute Gasteiger partial charge is 0.119 e. The largest absolute Gasteiger partial charge is 0.494 e. The first-order valence-electron chi connectivity index (χ1n) is 11.2. The maximum Gasteiger partial charge on any atom is 0.119 e. The quantitative estimate of drug-likeness (QED) is 0.401. The second kappa shape index (κ2) is 10.5. The predicted octanol–water partition coefficient (Wildman–Crippen LogP) is 8.15. The topological polar surface area (TPSA) is 9.23 Å². The monoisotopic (exact) mass is 376 g/mol. The van der Waals surface area contributed by atoms with Crippen LogP contribution in [0.1, 0.15) is 71.3 Å². The van der Waals surface area contributed by atoms with Gasteiger partial charge in [-0.2, -0.15) is 0 Å². The zero-order chi connectivity index (χ0) is 19.8. The minimum atomic E-state index is 0.710. The van der Waals surface area contributed by atoms with Gasteiger partial charge < -0.3 is 4.74 Å². The SMILES string of the molecule is CCCCCC(C)C1CC=C(c2ccc(-c3ccc(OCC)cc3)cc2)CC1. The molecule has 0 spiro atoms. The predicted molar refractivity (Wildman–Crippen MR) is 122 cm³/mol. The van der Waals surface area contributed by atoms with Crippen LogP contribution in [0, 0.1) is 11.8 Å². The summed E-state index contributed by atoms with van der Waals surface area (Å²) in [6, 6.07) is 17.5. The van der Waals surface area contributed by atoms with Crippen molar-refractivity contribution in [1.82, 2.24) is 0 Å². The van der Waals surface area contributed by atoms with Crippen molar-refractivity contribution in [3.8, 4) is 16.9 Å². The van der Waals surface area contributed by atoms with Crippen LogP contribution in [-0.2, 0) is 0 Å². The molecule has 0 bridgehead atoms. The van der Waals surface area contributed by atoms with Crippen molar-refractivity contribution in [3.63, 3.8) is 0 Å². The van der Waals surface area contributed by atoms with Crippen molar-refractivity contribution in [2.75, 3.05) is 6.61 Å². The second-order valence-corrected chi connectivity index (χ2v) is 8.27. The summed E-state index contributed by atoms with van der Waals surface area (Å²) >= 11 is 0. The van der Waals surface area contributed by atoms with E-state index in [2.05, 4.69) is 68.5 Å². The molecule has 0 aliphatic heterocycles. The van der Waals surface area contributed by atoms with Gasteiger partial charge in [-0.25, -0.2) is 0 Å². The number of hydrogen-bond acceptors (Lipinski definition) is 1. The van der Waals surface area contributed by atoms with Gasteiger partial charge in [0.25, 0.3) is 0 Å². The minimum Gasteiger partial charge on any atom is -0.494 e. The van der Waals surface area contributed by atoms with E-state index in [1.165, 1.54) is 67.2 Å². The van der Waals surface area contributed by atoms with E-state index in [-0.39, 0.29) is 0 Å². The zero-order valence-corrected chi connectivity index (χ0v) is 17.9. The molecule has 1 aliphatic rings. The molecule has 2 aromatic carbocycles. The maximum absolute atomic E-state index is 5.54. The molecule has 0 saturated carbocycles. The van der Waals surface area contributed by atoms with E-state index in [1.54, 1.807) is 0 Å². The molecular weight excluding hydrogens is 340 g/mol. The molecule has 1 aliphatic carbocycles. The van der Waals surface area contributed by atoms with Crippen molar-refractivity contribution in [2.45, 2.75) is 65.7 Å². The first-order valence-corrected chi connectivity index (χ1v) is 11.2. The van der Waals surface area contributed by atoms with Gasteiger partial charge in [0.2, 0.25) is 0 Å². The standard InChI is InChI=1S/C27H36O/c1-4-6-7-8-21(3)22-9-11-23(12-10-22)24-13-15-25(16-14-24)26-17-19-27(20-18-26)28-5-2/h11,13-22H,4-10,12H2,1-3H3. The van der Waals surface area contributed by atoms with Crippen LogP contribution in [0.5, 0.6) is 5.75 Å². The van der Waals surface area contributed by atoms with Crippen LogP contribution in [0.3, 0.4) is 0 Å². The summed E-state index contributed by atoms with van der Waals surface area (Å²) in [6.07, 6.45) is 11.9. The highest BCUT2D eigenvalue weighted by atomic mass is 16.5.